The van der Waals surface area contributed by atoms with Gasteiger partial charge in [-0.2, -0.15) is 13.2 Å². The van der Waals surface area contributed by atoms with Crippen molar-refractivity contribution in [1.82, 2.24) is 5.32 Å². The highest BCUT2D eigenvalue weighted by Gasteiger charge is 2.40. The average Bonchev–Trinajstić information content (AvgIpc) is 3.34. The van der Waals surface area contributed by atoms with E-state index in [2.05, 4.69) is 12.2 Å². The third-order valence-electron chi connectivity index (χ3n) is 5.31. The Morgan fingerprint density at radius 1 is 1.16 bits per heavy atom. The molecule has 0 spiro atoms. The summed E-state index contributed by atoms with van der Waals surface area (Å²) in [6.45, 7) is 2.16. The molecule has 176 valence electrons. The van der Waals surface area contributed by atoms with Crippen LogP contribution >= 0.6 is 0 Å². The van der Waals surface area contributed by atoms with E-state index in [0.29, 0.717) is 6.42 Å². The van der Waals surface area contributed by atoms with Crippen molar-refractivity contribution in [2.24, 2.45) is 0 Å². The summed E-state index contributed by atoms with van der Waals surface area (Å²) in [5.41, 5.74) is -1.39. The molecule has 0 unspecified atom stereocenters. The number of nitrogens with one attached hydrogen (secondary N) is 1. The number of anilines is 2. The van der Waals surface area contributed by atoms with Crippen molar-refractivity contribution in [3.05, 3.63) is 23.8 Å². The number of unbranched alkanes of at least 4 members (excludes halogenated alkanes) is 3. The predicted molar refractivity (Wildman–Crippen MR) is 110 cm³/mol. The van der Waals surface area contributed by atoms with E-state index < -0.39 is 30.0 Å². The Bertz CT molecular complexity index is 862. The first kappa shape index (κ1) is 23.7. The maximum atomic E-state index is 13.7. The van der Waals surface area contributed by atoms with Gasteiger partial charge in [0.25, 0.3) is 0 Å². The summed E-state index contributed by atoms with van der Waals surface area (Å²) in [5.74, 6) is -0.156. The molecular formula is C21H26F3N3O5. The summed E-state index contributed by atoms with van der Waals surface area (Å²) in [6.07, 6.45) is -2.85. The number of ether oxygens (including phenoxy) is 2. The van der Waals surface area contributed by atoms with Gasteiger partial charge < -0.3 is 14.8 Å². The second kappa shape index (κ2) is 10.1. The second-order valence-electron chi connectivity index (χ2n) is 7.70. The van der Waals surface area contributed by atoms with Gasteiger partial charge in [-0.25, -0.2) is 9.59 Å². The van der Waals surface area contributed by atoms with Gasteiger partial charge in [0.1, 0.15) is 12.7 Å². The molecule has 11 heteroatoms. The Morgan fingerprint density at radius 2 is 1.94 bits per heavy atom. The van der Waals surface area contributed by atoms with Crippen LogP contribution in [0.15, 0.2) is 18.2 Å². The zero-order valence-electron chi connectivity index (χ0n) is 17.7. The Balaban J connectivity index is 1.65. The number of carbonyl (C=O) groups excluding carboxylic acids is 3. The van der Waals surface area contributed by atoms with Gasteiger partial charge in [0.15, 0.2) is 0 Å². The van der Waals surface area contributed by atoms with Crippen LogP contribution < -0.4 is 15.1 Å². The Morgan fingerprint density at radius 3 is 2.59 bits per heavy atom. The van der Waals surface area contributed by atoms with Crippen LogP contribution in [0.1, 0.15) is 44.6 Å². The van der Waals surface area contributed by atoms with Crippen LogP contribution in [0, 0.1) is 0 Å². The highest BCUT2D eigenvalue weighted by molar-refractivity contribution is 5.93. The van der Waals surface area contributed by atoms with E-state index >= 15 is 0 Å². The fourth-order valence-electron chi connectivity index (χ4n) is 3.63. The summed E-state index contributed by atoms with van der Waals surface area (Å²) in [7, 11) is 0. The predicted octanol–water partition coefficient (Wildman–Crippen LogP) is 4.07. The van der Waals surface area contributed by atoms with E-state index in [1.165, 1.54) is 6.07 Å². The van der Waals surface area contributed by atoms with Crippen LogP contribution in [0.5, 0.6) is 0 Å². The maximum absolute atomic E-state index is 13.7. The fraction of sp³-hybridized carbons (Fsp3) is 0.571. The SMILES string of the molecule is CCCCCCC(=O)NC[C@H]1CN(c2ccc(N3CCOC3=O)c(C(F)(F)F)c2)C(=O)O1. The van der Waals surface area contributed by atoms with Gasteiger partial charge in [-0.1, -0.05) is 26.2 Å². The number of halogens is 3. The van der Waals surface area contributed by atoms with Crippen molar-refractivity contribution in [3.8, 4) is 0 Å². The maximum Gasteiger partial charge on any atom is 0.418 e. The molecule has 2 heterocycles. The summed E-state index contributed by atoms with van der Waals surface area (Å²) in [4.78, 5) is 37.9. The van der Waals surface area contributed by atoms with Crippen LogP contribution in [0.25, 0.3) is 0 Å². The van der Waals surface area contributed by atoms with E-state index in [1.807, 2.05) is 0 Å². The number of hydrogen-bond donors (Lipinski definition) is 1. The molecule has 0 bridgehead atoms. The lowest BCUT2D eigenvalue weighted by Gasteiger charge is -2.22. The van der Waals surface area contributed by atoms with Gasteiger partial charge in [-0.15, -0.1) is 0 Å². The molecule has 1 aromatic carbocycles. The van der Waals surface area contributed by atoms with Crippen LogP contribution in [0.4, 0.5) is 34.1 Å². The summed E-state index contributed by atoms with van der Waals surface area (Å²) in [5, 5.41) is 2.70. The standard InChI is InChI=1S/C21H26F3N3O5/c1-2-3-4-5-6-18(28)25-12-15-13-27(20(30)32-15)14-7-8-17(16(11-14)21(22,23)24)26-9-10-31-19(26)29/h7-8,11,15H,2-6,9-10,12-13H2,1H3,(H,25,28)/t15-/m0/s1. The number of hydrogen-bond acceptors (Lipinski definition) is 5. The number of nitrogens with zero attached hydrogens (tertiary/aromatic N) is 2. The number of rotatable bonds is 9. The first-order chi connectivity index (χ1) is 15.2. The van der Waals surface area contributed by atoms with Crippen molar-refractivity contribution in [2.45, 2.75) is 51.3 Å². The molecule has 2 saturated heterocycles. The normalized spacial score (nSPS) is 18.7. The lowest BCUT2D eigenvalue weighted by atomic mass is 10.1. The van der Waals surface area contributed by atoms with Crippen LogP contribution in [0.3, 0.4) is 0 Å². The van der Waals surface area contributed by atoms with Gasteiger partial charge >= 0.3 is 18.4 Å². The van der Waals surface area contributed by atoms with Crippen LogP contribution in [0.2, 0.25) is 0 Å². The molecule has 32 heavy (non-hydrogen) atoms. The monoisotopic (exact) mass is 457 g/mol. The van der Waals surface area contributed by atoms with Crippen molar-refractivity contribution >= 4 is 29.5 Å². The minimum absolute atomic E-state index is 0.00232. The number of carbonyl (C=O) groups is 3. The van der Waals surface area contributed by atoms with Gasteiger partial charge in [-0.05, 0) is 24.6 Å². The van der Waals surface area contributed by atoms with Crippen molar-refractivity contribution in [3.63, 3.8) is 0 Å². The van der Waals surface area contributed by atoms with E-state index in [9.17, 15) is 27.6 Å². The summed E-state index contributed by atoms with van der Waals surface area (Å²) >= 11 is 0. The van der Waals surface area contributed by atoms with Gasteiger partial charge in [0.05, 0.1) is 30.9 Å². The molecule has 2 fully saturated rings. The highest BCUT2D eigenvalue weighted by Crippen LogP contribution is 2.40. The molecule has 0 aliphatic carbocycles. The Hall–Kier alpha value is -2.98. The molecule has 0 aromatic heterocycles. The number of alkyl halides is 3. The summed E-state index contributed by atoms with van der Waals surface area (Å²) in [6, 6.07) is 3.28. The molecule has 0 radical (unpaired) electrons. The lowest BCUT2D eigenvalue weighted by Crippen LogP contribution is -2.34. The molecule has 3 rings (SSSR count). The van der Waals surface area contributed by atoms with E-state index in [4.69, 9.17) is 9.47 Å². The Labute approximate surface area is 183 Å². The highest BCUT2D eigenvalue weighted by atomic mass is 19.4. The van der Waals surface area contributed by atoms with Crippen LogP contribution in [-0.2, 0) is 20.4 Å². The summed E-state index contributed by atoms with van der Waals surface area (Å²) < 4.78 is 50.9. The number of benzene rings is 1. The topological polar surface area (TPSA) is 88.2 Å². The molecule has 8 nitrogen and oxygen atoms in total. The molecular weight excluding hydrogens is 431 g/mol. The van der Waals surface area contributed by atoms with Gasteiger partial charge in [0.2, 0.25) is 5.91 Å². The van der Waals surface area contributed by atoms with Crippen molar-refractivity contribution in [1.29, 1.82) is 0 Å². The zero-order valence-corrected chi connectivity index (χ0v) is 17.7. The van der Waals surface area contributed by atoms with Crippen molar-refractivity contribution in [2.75, 3.05) is 36.0 Å². The minimum atomic E-state index is -4.75. The lowest BCUT2D eigenvalue weighted by molar-refractivity contribution is -0.137. The molecule has 1 atom stereocenters. The Kier molecular flexibility index (Phi) is 7.47. The fourth-order valence-corrected chi connectivity index (χ4v) is 3.63. The number of amides is 3. The third-order valence-corrected chi connectivity index (χ3v) is 5.31. The van der Waals surface area contributed by atoms with Crippen molar-refractivity contribution < 1.29 is 37.0 Å². The zero-order chi connectivity index (χ0) is 23.3. The first-order valence-electron chi connectivity index (χ1n) is 10.6. The van der Waals surface area contributed by atoms with Gasteiger partial charge in [-0.3, -0.25) is 14.6 Å². The number of cyclic esters (lactones) is 2. The quantitative estimate of drug-likeness (QED) is 0.565. The molecule has 0 saturated carbocycles. The van der Waals surface area contributed by atoms with E-state index in [-0.39, 0.29) is 43.5 Å². The minimum Gasteiger partial charge on any atom is -0.447 e. The third kappa shape index (κ3) is 5.63. The van der Waals surface area contributed by atoms with E-state index in [0.717, 1.165) is 47.6 Å². The van der Waals surface area contributed by atoms with Crippen LogP contribution in [-0.4, -0.2) is 50.4 Å². The molecule has 1 N–H and O–H groups in total. The van der Waals surface area contributed by atoms with E-state index in [1.54, 1.807) is 0 Å². The molecule has 3 amide bonds. The molecule has 1 aromatic rings. The molecule has 2 aliphatic heterocycles. The second-order valence-corrected chi connectivity index (χ2v) is 7.70. The first-order valence-corrected chi connectivity index (χ1v) is 10.6. The van der Waals surface area contributed by atoms with Gasteiger partial charge in [0, 0.05) is 12.1 Å². The molecule has 2 aliphatic rings. The smallest absolute Gasteiger partial charge is 0.418 e. The largest absolute Gasteiger partial charge is 0.447 e. The average molecular weight is 457 g/mol.